The van der Waals surface area contributed by atoms with E-state index in [0.717, 1.165) is 25.6 Å². The number of amides is 1. The van der Waals surface area contributed by atoms with Crippen molar-refractivity contribution in [2.24, 2.45) is 11.8 Å². The van der Waals surface area contributed by atoms with Crippen LogP contribution in [0.25, 0.3) is 6.08 Å². The summed E-state index contributed by atoms with van der Waals surface area (Å²) in [7, 11) is 0. The summed E-state index contributed by atoms with van der Waals surface area (Å²) in [6, 6.07) is 1.68. The minimum atomic E-state index is -1.02. The molecule has 2 atom stereocenters. The zero-order valence-corrected chi connectivity index (χ0v) is 12.3. The minimum absolute atomic E-state index is 0.0353. The van der Waals surface area contributed by atoms with Gasteiger partial charge < -0.3 is 10.0 Å². The van der Waals surface area contributed by atoms with E-state index >= 15 is 0 Å². The molecule has 2 rings (SSSR count). The van der Waals surface area contributed by atoms with Crippen LogP contribution in [0.4, 0.5) is 0 Å². The standard InChI is InChI=1S/C16H20N2O3/c1-11-5-6-18(10-12(11)2)16(21)14-7-13(8-17-9-14)3-4-15(19)20/h3-4,7-9,11-12H,5-6,10H2,1-2H3,(H,19,20)/b4-3+. The Morgan fingerprint density at radius 2 is 2.10 bits per heavy atom. The monoisotopic (exact) mass is 288 g/mol. The summed E-state index contributed by atoms with van der Waals surface area (Å²) < 4.78 is 0. The summed E-state index contributed by atoms with van der Waals surface area (Å²) in [5, 5.41) is 8.63. The summed E-state index contributed by atoms with van der Waals surface area (Å²) in [6.45, 7) is 5.90. The van der Waals surface area contributed by atoms with Crippen molar-refractivity contribution in [1.82, 2.24) is 9.88 Å². The van der Waals surface area contributed by atoms with Gasteiger partial charge >= 0.3 is 5.97 Å². The van der Waals surface area contributed by atoms with E-state index in [-0.39, 0.29) is 5.91 Å². The first-order valence-corrected chi connectivity index (χ1v) is 7.12. The van der Waals surface area contributed by atoms with Crippen LogP contribution in [0.1, 0.15) is 36.2 Å². The summed E-state index contributed by atoms with van der Waals surface area (Å²) in [6.07, 6.45) is 6.56. The van der Waals surface area contributed by atoms with E-state index in [9.17, 15) is 9.59 Å². The molecule has 0 bridgehead atoms. The van der Waals surface area contributed by atoms with Crippen molar-refractivity contribution >= 4 is 18.0 Å². The fourth-order valence-corrected chi connectivity index (χ4v) is 2.46. The molecule has 1 saturated heterocycles. The summed E-state index contributed by atoms with van der Waals surface area (Å²) in [5.74, 6) is 0.0696. The predicted octanol–water partition coefficient (Wildman–Crippen LogP) is 2.30. The summed E-state index contributed by atoms with van der Waals surface area (Å²) in [4.78, 5) is 28.9. The molecule has 1 fully saturated rings. The first-order chi connectivity index (χ1) is 9.97. The van der Waals surface area contributed by atoms with Crippen molar-refractivity contribution in [2.45, 2.75) is 20.3 Å². The first-order valence-electron chi connectivity index (χ1n) is 7.12. The number of likely N-dealkylation sites (tertiary alicyclic amines) is 1. The minimum Gasteiger partial charge on any atom is -0.478 e. The van der Waals surface area contributed by atoms with Crippen LogP contribution >= 0.6 is 0 Å². The van der Waals surface area contributed by atoms with E-state index in [2.05, 4.69) is 18.8 Å². The molecule has 0 saturated carbocycles. The average molecular weight is 288 g/mol. The average Bonchev–Trinajstić information content (AvgIpc) is 2.47. The van der Waals surface area contributed by atoms with Crippen molar-refractivity contribution in [3.05, 3.63) is 35.7 Å². The summed E-state index contributed by atoms with van der Waals surface area (Å²) in [5.41, 5.74) is 1.12. The van der Waals surface area contributed by atoms with Crippen molar-refractivity contribution in [3.8, 4) is 0 Å². The van der Waals surface area contributed by atoms with E-state index in [1.54, 1.807) is 6.07 Å². The smallest absolute Gasteiger partial charge is 0.328 e. The van der Waals surface area contributed by atoms with Gasteiger partial charge in [-0.15, -0.1) is 0 Å². The van der Waals surface area contributed by atoms with Gasteiger partial charge in [0.15, 0.2) is 0 Å². The summed E-state index contributed by atoms with van der Waals surface area (Å²) >= 11 is 0. The van der Waals surface area contributed by atoms with E-state index in [0.29, 0.717) is 23.0 Å². The van der Waals surface area contributed by atoms with Gasteiger partial charge in [0, 0.05) is 31.6 Å². The largest absolute Gasteiger partial charge is 0.478 e. The second kappa shape index (κ2) is 6.52. The quantitative estimate of drug-likeness (QED) is 0.866. The molecule has 21 heavy (non-hydrogen) atoms. The van der Waals surface area contributed by atoms with Crippen molar-refractivity contribution in [1.29, 1.82) is 0 Å². The molecule has 2 heterocycles. The molecule has 1 aromatic heterocycles. The van der Waals surface area contributed by atoms with Crippen LogP contribution in [0.3, 0.4) is 0 Å². The van der Waals surface area contributed by atoms with Gasteiger partial charge in [0.25, 0.3) is 5.91 Å². The van der Waals surface area contributed by atoms with E-state index in [1.165, 1.54) is 18.5 Å². The lowest BCUT2D eigenvalue weighted by Gasteiger charge is -2.35. The van der Waals surface area contributed by atoms with Crippen molar-refractivity contribution in [3.63, 3.8) is 0 Å². The Balaban J connectivity index is 2.12. The third-order valence-corrected chi connectivity index (χ3v) is 4.05. The molecule has 1 N–H and O–H groups in total. The number of carbonyl (C=O) groups is 2. The van der Waals surface area contributed by atoms with Crippen LogP contribution < -0.4 is 0 Å². The van der Waals surface area contributed by atoms with Crippen LogP contribution in [0.5, 0.6) is 0 Å². The zero-order chi connectivity index (χ0) is 15.4. The fraction of sp³-hybridized carbons (Fsp3) is 0.438. The third kappa shape index (κ3) is 3.90. The van der Waals surface area contributed by atoms with Crippen LogP contribution in [0.15, 0.2) is 24.5 Å². The number of nitrogens with zero attached hydrogens (tertiary/aromatic N) is 2. The van der Waals surface area contributed by atoms with Gasteiger partial charge in [-0.05, 0) is 36.0 Å². The Bertz CT molecular complexity index is 568. The van der Waals surface area contributed by atoms with Gasteiger partial charge in [-0.3, -0.25) is 9.78 Å². The normalized spacial score (nSPS) is 22.5. The molecule has 0 spiro atoms. The van der Waals surface area contributed by atoms with Gasteiger partial charge in [-0.2, -0.15) is 0 Å². The van der Waals surface area contributed by atoms with Gasteiger partial charge in [0.05, 0.1) is 5.56 Å². The molecule has 0 radical (unpaired) electrons. The van der Waals surface area contributed by atoms with Gasteiger partial charge in [0.1, 0.15) is 0 Å². The molecule has 1 aromatic rings. The maximum absolute atomic E-state index is 12.5. The highest BCUT2D eigenvalue weighted by Gasteiger charge is 2.26. The molecule has 5 nitrogen and oxygen atoms in total. The Morgan fingerprint density at radius 1 is 1.33 bits per heavy atom. The van der Waals surface area contributed by atoms with Crippen LogP contribution in [0, 0.1) is 11.8 Å². The number of aromatic nitrogens is 1. The Hall–Kier alpha value is -2.17. The van der Waals surface area contributed by atoms with Crippen molar-refractivity contribution < 1.29 is 14.7 Å². The van der Waals surface area contributed by atoms with Gasteiger partial charge in [-0.25, -0.2) is 4.79 Å². The molecule has 112 valence electrons. The van der Waals surface area contributed by atoms with Gasteiger partial charge in [-0.1, -0.05) is 13.8 Å². The predicted molar refractivity (Wildman–Crippen MR) is 79.8 cm³/mol. The van der Waals surface area contributed by atoms with E-state index in [4.69, 9.17) is 5.11 Å². The number of pyridine rings is 1. The highest BCUT2D eigenvalue weighted by Crippen LogP contribution is 2.23. The molecule has 1 amide bonds. The Labute approximate surface area is 124 Å². The van der Waals surface area contributed by atoms with E-state index in [1.807, 2.05) is 4.90 Å². The SMILES string of the molecule is CC1CCN(C(=O)c2cncc(/C=C/C(=O)O)c2)CC1C. The number of carboxylic acids is 1. The lowest BCUT2D eigenvalue weighted by molar-refractivity contribution is -0.131. The second-order valence-corrected chi connectivity index (χ2v) is 5.67. The lowest BCUT2D eigenvalue weighted by Crippen LogP contribution is -2.42. The number of hydrogen-bond acceptors (Lipinski definition) is 3. The van der Waals surface area contributed by atoms with Crippen LogP contribution in [-0.4, -0.2) is 40.0 Å². The van der Waals surface area contributed by atoms with Crippen LogP contribution in [0.2, 0.25) is 0 Å². The third-order valence-electron chi connectivity index (χ3n) is 4.05. The number of piperidine rings is 1. The maximum atomic E-state index is 12.5. The zero-order valence-electron chi connectivity index (χ0n) is 12.3. The first kappa shape index (κ1) is 15.2. The number of carbonyl (C=O) groups excluding carboxylic acids is 1. The maximum Gasteiger partial charge on any atom is 0.328 e. The number of rotatable bonds is 3. The number of aliphatic carboxylic acids is 1. The fourth-order valence-electron chi connectivity index (χ4n) is 2.46. The molecule has 5 heteroatoms. The Kier molecular flexibility index (Phi) is 4.73. The highest BCUT2D eigenvalue weighted by molar-refractivity contribution is 5.95. The lowest BCUT2D eigenvalue weighted by atomic mass is 9.88. The van der Waals surface area contributed by atoms with E-state index < -0.39 is 5.97 Å². The second-order valence-electron chi connectivity index (χ2n) is 5.67. The topological polar surface area (TPSA) is 70.5 Å². The molecule has 0 aliphatic carbocycles. The number of hydrogen-bond donors (Lipinski definition) is 1. The molecular formula is C16H20N2O3. The van der Waals surface area contributed by atoms with Crippen molar-refractivity contribution in [2.75, 3.05) is 13.1 Å². The van der Waals surface area contributed by atoms with Crippen LogP contribution in [-0.2, 0) is 4.79 Å². The molecule has 1 aliphatic rings. The Morgan fingerprint density at radius 3 is 2.76 bits per heavy atom. The van der Waals surface area contributed by atoms with Gasteiger partial charge in [0.2, 0.25) is 0 Å². The molecule has 1 aliphatic heterocycles. The highest BCUT2D eigenvalue weighted by atomic mass is 16.4. The molecule has 2 unspecified atom stereocenters. The number of carboxylic acid groups (broad SMARTS) is 1. The molecule has 0 aromatic carbocycles. The molecular weight excluding hydrogens is 268 g/mol.